The number of nitrogens with zero attached hydrogens (tertiary/aromatic N) is 1. The Morgan fingerprint density at radius 1 is 1.28 bits per heavy atom. The first-order chi connectivity index (χ1) is 8.83. The van der Waals surface area contributed by atoms with Gasteiger partial charge in [-0.1, -0.05) is 13.3 Å². The Morgan fingerprint density at radius 2 is 2.06 bits per heavy atom. The van der Waals surface area contributed by atoms with Crippen LogP contribution in [0, 0.1) is 0 Å². The molecule has 2 rings (SSSR count). The van der Waals surface area contributed by atoms with Crippen molar-refractivity contribution in [3.8, 4) is 17.0 Å². The highest BCUT2D eigenvalue weighted by atomic mass is 16.5. The van der Waals surface area contributed by atoms with Crippen LogP contribution in [-0.4, -0.2) is 16.6 Å². The van der Waals surface area contributed by atoms with E-state index in [1.165, 1.54) is 0 Å². The average Bonchev–Trinajstić information content (AvgIpc) is 2.89. The van der Waals surface area contributed by atoms with E-state index in [0.717, 1.165) is 42.3 Å². The second-order valence-corrected chi connectivity index (χ2v) is 4.17. The number of aromatic nitrogens is 2. The molecule has 0 aliphatic carbocycles. The van der Waals surface area contributed by atoms with Gasteiger partial charge in [-0.15, -0.1) is 0 Å². The van der Waals surface area contributed by atoms with Crippen LogP contribution in [0.4, 0.5) is 0 Å². The summed E-state index contributed by atoms with van der Waals surface area (Å²) in [6.07, 6.45) is 4.03. The number of ether oxygens (including phenoxy) is 1. The number of hydrogen-bond acceptors (Lipinski definition) is 3. The summed E-state index contributed by atoms with van der Waals surface area (Å²) in [6, 6.07) is 8.01. The average molecular weight is 245 g/mol. The van der Waals surface area contributed by atoms with Crippen LogP contribution in [-0.2, 0) is 6.54 Å². The predicted octanol–water partition coefficient (Wildman–Crippen LogP) is 2.71. The third kappa shape index (κ3) is 3.11. The van der Waals surface area contributed by atoms with E-state index < -0.39 is 0 Å². The maximum Gasteiger partial charge on any atom is 0.120 e. The molecule has 0 amide bonds. The molecule has 3 N–H and O–H groups in total. The van der Waals surface area contributed by atoms with Gasteiger partial charge in [-0.2, -0.15) is 0 Å². The fraction of sp³-hybridized carbons (Fsp3) is 0.357. The number of nitrogens with two attached hydrogens (primary N) is 1. The van der Waals surface area contributed by atoms with E-state index in [0.29, 0.717) is 6.54 Å². The molecule has 0 aliphatic heterocycles. The van der Waals surface area contributed by atoms with Crippen LogP contribution in [0.1, 0.15) is 25.6 Å². The summed E-state index contributed by atoms with van der Waals surface area (Å²) in [4.78, 5) is 7.36. The summed E-state index contributed by atoms with van der Waals surface area (Å²) in [5.41, 5.74) is 7.59. The van der Waals surface area contributed by atoms with Crippen molar-refractivity contribution in [2.45, 2.75) is 26.3 Å². The van der Waals surface area contributed by atoms with Crippen LogP contribution >= 0.6 is 0 Å². The van der Waals surface area contributed by atoms with Crippen LogP contribution in [0.15, 0.2) is 30.5 Å². The summed E-state index contributed by atoms with van der Waals surface area (Å²) in [5, 5.41) is 0. The fourth-order valence-corrected chi connectivity index (χ4v) is 1.68. The fourth-order valence-electron chi connectivity index (χ4n) is 1.68. The van der Waals surface area contributed by atoms with Gasteiger partial charge in [-0.25, -0.2) is 4.98 Å². The maximum absolute atomic E-state index is 5.62. The normalized spacial score (nSPS) is 10.6. The van der Waals surface area contributed by atoms with Gasteiger partial charge in [0.2, 0.25) is 0 Å². The summed E-state index contributed by atoms with van der Waals surface area (Å²) >= 11 is 0. The first-order valence-corrected chi connectivity index (χ1v) is 6.30. The highest BCUT2D eigenvalue weighted by Gasteiger charge is 2.02. The molecule has 1 aromatic heterocycles. The Morgan fingerprint density at radius 3 is 2.67 bits per heavy atom. The second kappa shape index (κ2) is 6.21. The van der Waals surface area contributed by atoms with Gasteiger partial charge >= 0.3 is 0 Å². The lowest BCUT2D eigenvalue weighted by Crippen LogP contribution is -1.97. The molecule has 0 unspecified atom stereocenters. The highest BCUT2D eigenvalue weighted by Crippen LogP contribution is 2.20. The van der Waals surface area contributed by atoms with Crippen molar-refractivity contribution in [2.75, 3.05) is 6.61 Å². The van der Waals surface area contributed by atoms with Crippen LogP contribution in [0.3, 0.4) is 0 Å². The molecule has 96 valence electrons. The van der Waals surface area contributed by atoms with Crippen molar-refractivity contribution in [3.63, 3.8) is 0 Å². The summed E-state index contributed by atoms with van der Waals surface area (Å²) in [5.74, 6) is 1.71. The van der Waals surface area contributed by atoms with E-state index >= 15 is 0 Å². The lowest BCUT2D eigenvalue weighted by Gasteiger charge is -2.05. The molecular formula is C14H19N3O. The molecule has 0 saturated heterocycles. The Hall–Kier alpha value is -1.81. The highest BCUT2D eigenvalue weighted by molar-refractivity contribution is 5.59. The Bertz CT molecular complexity index is 476. The number of rotatable bonds is 6. The van der Waals surface area contributed by atoms with Gasteiger partial charge in [0, 0.05) is 0 Å². The zero-order valence-electron chi connectivity index (χ0n) is 10.6. The summed E-state index contributed by atoms with van der Waals surface area (Å²) in [6.45, 7) is 3.36. The van der Waals surface area contributed by atoms with E-state index in [2.05, 4.69) is 16.9 Å². The number of hydrogen-bond donors (Lipinski definition) is 2. The number of imidazole rings is 1. The van der Waals surface area contributed by atoms with Gasteiger partial charge in [0.15, 0.2) is 0 Å². The van der Waals surface area contributed by atoms with E-state index in [-0.39, 0.29) is 0 Å². The van der Waals surface area contributed by atoms with Gasteiger partial charge in [-0.3, -0.25) is 0 Å². The van der Waals surface area contributed by atoms with Crippen molar-refractivity contribution >= 4 is 0 Å². The minimum atomic E-state index is 0.429. The molecule has 1 aromatic carbocycles. The summed E-state index contributed by atoms with van der Waals surface area (Å²) < 4.78 is 5.62. The molecule has 0 spiro atoms. The lowest BCUT2D eigenvalue weighted by atomic mass is 10.2. The van der Waals surface area contributed by atoms with Crippen LogP contribution in [0.5, 0.6) is 5.75 Å². The Kier molecular flexibility index (Phi) is 4.36. The van der Waals surface area contributed by atoms with Crippen LogP contribution in [0.2, 0.25) is 0 Å². The predicted molar refractivity (Wildman–Crippen MR) is 72.3 cm³/mol. The second-order valence-electron chi connectivity index (χ2n) is 4.17. The largest absolute Gasteiger partial charge is 0.494 e. The monoisotopic (exact) mass is 245 g/mol. The Labute approximate surface area is 107 Å². The van der Waals surface area contributed by atoms with E-state index in [1.54, 1.807) is 6.20 Å². The molecule has 0 radical (unpaired) electrons. The smallest absolute Gasteiger partial charge is 0.120 e. The third-order valence-electron chi connectivity index (χ3n) is 2.75. The third-order valence-corrected chi connectivity index (χ3v) is 2.75. The number of benzene rings is 1. The molecule has 4 nitrogen and oxygen atoms in total. The van der Waals surface area contributed by atoms with Crippen LogP contribution < -0.4 is 10.5 Å². The first-order valence-electron chi connectivity index (χ1n) is 6.30. The standard InChI is InChI=1S/C14H19N3O/c1-2-3-8-18-12-6-4-11(5-7-12)13-10-16-14(9-15)17-13/h4-7,10H,2-3,8-9,15H2,1H3,(H,16,17). The van der Waals surface area contributed by atoms with E-state index in [1.807, 2.05) is 24.3 Å². The number of aromatic amines is 1. The molecule has 1 heterocycles. The van der Waals surface area contributed by atoms with Gasteiger partial charge in [0.25, 0.3) is 0 Å². The van der Waals surface area contributed by atoms with Crippen molar-refractivity contribution in [3.05, 3.63) is 36.3 Å². The molecule has 18 heavy (non-hydrogen) atoms. The van der Waals surface area contributed by atoms with Gasteiger partial charge in [0.05, 0.1) is 25.0 Å². The Balaban J connectivity index is 2.02. The topological polar surface area (TPSA) is 63.9 Å². The van der Waals surface area contributed by atoms with Gasteiger partial charge in [0.1, 0.15) is 11.6 Å². The molecule has 0 saturated carbocycles. The molecular weight excluding hydrogens is 226 g/mol. The molecule has 0 bridgehead atoms. The minimum Gasteiger partial charge on any atom is -0.494 e. The number of H-pyrrole nitrogens is 1. The van der Waals surface area contributed by atoms with E-state index in [4.69, 9.17) is 10.5 Å². The zero-order valence-corrected chi connectivity index (χ0v) is 10.6. The minimum absolute atomic E-state index is 0.429. The van der Waals surface area contributed by atoms with Crippen molar-refractivity contribution in [1.29, 1.82) is 0 Å². The molecule has 2 aromatic rings. The number of unbranched alkanes of at least 4 members (excludes halogenated alkanes) is 1. The van der Waals surface area contributed by atoms with Crippen molar-refractivity contribution < 1.29 is 4.74 Å². The van der Waals surface area contributed by atoms with Crippen molar-refractivity contribution in [1.82, 2.24) is 9.97 Å². The van der Waals surface area contributed by atoms with E-state index in [9.17, 15) is 0 Å². The summed E-state index contributed by atoms with van der Waals surface area (Å²) in [7, 11) is 0. The van der Waals surface area contributed by atoms with Crippen LogP contribution in [0.25, 0.3) is 11.3 Å². The SMILES string of the molecule is CCCCOc1ccc(-c2cnc(CN)[nH]2)cc1. The maximum atomic E-state index is 5.62. The quantitative estimate of drug-likeness (QED) is 0.769. The van der Waals surface area contributed by atoms with Crippen molar-refractivity contribution in [2.24, 2.45) is 5.73 Å². The lowest BCUT2D eigenvalue weighted by molar-refractivity contribution is 0.309. The first kappa shape index (κ1) is 12.6. The molecule has 0 atom stereocenters. The zero-order chi connectivity index (χ0) is 12.8. The van der Waals surface area contributed by atoms with Gasteiger partial charge in [-0.05, 0) is 36.2 Å². The molecule has 0 aliphatic rings. The molecule has 4 heteroatoms. The number of nitrogens with one attached hydrogen (secondary N) is 1. The molecule has 0 fully saturated rings. The van der Waals surface area contributed by atoms with Gasteiger partial charge < -0.3 is 15.5 Å².